The molecule has 0 atom stereocenters. The molecular formula is C8H4Br2F2O2. The van der Waals surface area contributed by atoms with Gasteiger partial charge in [0.05, 0.1) is 10.9 Å². The summed E-state index contributed by atoms with van der Waals surface area (Å²) in [6, 6.07) is 1.27. The van der Waals surface area contributed by atoms with Gasteiger partial charge < -0.3 is 5.11 Å². The lowest BCUT2D eigenvalue weighted by Gasteiger charge is -2.05. The van der Waals surface area contributed by atoms with Crippen LogP contribution in [-0.2, 0) is 11.2 Å². The maximum absolute atomic E-state index is 13.2. The van der Waals surface area contributed by atoms with E-state index in [1.54, 1.807) is 0 Å². The zero-order valence-electron chi connectivity index (χ0n) is 6.65. The molecule has 0 radical (unpaired) electrons. The maximum atomic E-state index is 13.2. The van der Waals surface area contributed by atoms with Crippen molar-refractivity contribution in [2.45, 2.75) is 6.42 Å². The Bertz CT molecular complexity index is 393. The first-order valence-electron chi connectivity index (χ1n) is 3.47. The molecule has 0 saturated carbocycles. The monoisotopic (exact) mass is 328 g/mol. The molecule has 0 aliphatic carbocycles. The minimum atomic E-state index is -1.22. The summed E-state index contributed by atoms with van der Waals surface area (Å²) in [4.78, 5) is 10.3. The van der Waals surface area contributed by atoms with E-state index >= 15 is 0 Å². The Balaban J connectivity index is 3.29. The van der Waals surface area contributed by atoms with Crippen molar-refractivity contribution in [2.75, 3.05) is 0 Å². The highest BCUT2D eigenvalue weighted by molar-refractivity contribution is 9.11. The third-order valence-corrected chi connectivity index (χ3v) is 2.82. The van der Waals surface area contributed by atoms with Crippen molar-refractivity contribution in [1.29, 1.82) is 0 Å². The van der Waals surface area contributed by atoms with E-state index in [1.807, 2.05) is 0 Å². The van der Waals surface area contributed by atoms with Crippen molar-refractivity contribution in [3.8, 4) is 0 Å². The van der Waals surface area contributed by atoms with E-state index in [2.05, 4.69) is 31.9 Å². The lowest BCUT2D eigenvalue weighted by molar-refractivity contribution is -0.136. The molecule has 1 aromatic carbocycles. The molecule has 2 nitrogen and oxygen atoms in total. The van der Waals surface area contributed by atoms with E-state index in [-0.39, 0.29) is 14.5 Å². The van der Waals surface area contributed by atoms with E-state index in [1.165, 1.54) is 6.07 Å². The summed E-state index contributed by atoms with van der Waals surface area (Å²) < 4.78 is 26.4. The largest absolute Gasteiger partial charge is 0.481 e. The average molecular weight is 330 g/mol. The molecule has 0 amide bonds. The van der Waals surface area contributed by atoms with Crippen molar-refractivity contribution < 1.29 is 18.7 Å². The zero-order valence-corrected chi connectivity index (χ0v) is 9.82. The second-order valence-corrected chi connectivity index (χ2v) is 4.23. The minimum absolute atomic E-state index is 0.0454. The first kappa shape index (κ1) is 11.6. The Labute approximate surface area is 95.2 Å². The summed E-state index contributed by atoms with van der Waals surface area (Å²) in [5, 5.41) is 8.45. The number of carboxylic acids is 1. The zero-order chi connectivity index (χ0) is 10.9. The summed E-state index contributed by atoms with van der Waals surface area (Å²) in [6.07, 6.45) is -0.559. The molecule has 0 aliphatic heterocycles. The highest BCUT2D eigenvalue weighted by Crippen LogP contribution is 2.28. The lowest BCUT2D eigenvalue weighted by Crippen LogP contribution is -2.05. The Hall–Kier alpha value is -0.490. The first-order valence-corrected chi connectivity index (χ1v) is 5.05. The Morgan fingerprint density at radius 1 is 1.29 bits per heavy atom. The molecule has 76 valence electrons. The standard InChI is InChI=1S/C8H4Br2F2O2/c9-4-2-5(10)8(12)7(11)3(4)1-6(13)14/h2H,1H2,(H,13,14). The van der Waals surface area contributed by atoms with Gasteiger partial charge in [-0.25, -0.2) is 8.78 Å². The van der Waals surface area contributed by atoms with Gasteiger partial charge in [0.15, 0.2) is 11.6 Å². The first-order chi connectivity index (χ1) is 6.43. The summed E-state index contributed by atoms with van der Waals surface area (Å²) in [5.74, 6) is -3.44. The number of carboxylic acid groups (broad SMARTS) is 1. The van der Waals surface area contributed by atoms with E-state index in [0.717, 1.165) is 0 Å². The van der Waals surface area contributed by atoms with Crippen LogP contribution < -0.4 is 0 Å². The smallest absolute Gasteiger partial charge is 0.307 e. The molecule has 0 aliphatic rings. The maximum Gasteiger partial charge on any atom is 0.307 e. The molecule has 0 unspecified atom stereocenters. The van der Waals surface area contributed by atoms with Crippen molar-refractivity contribution >= 4 is 37.8 Å². The molecule has 0 saturated heterocycles. The normalized spacial score (nSPS) is 10.3. The predicted molar refractivity (Wildman–Crippen MR) is 53.1 cm³/mol. The van der Waals surface area contributed by atoms with E-state index in [4.69, 9.17) is 5.11 Å². The minimum Gasteiger partial charge on any atom is -0.481 e. The van der Waals surface area contributed by atoms with Crippen LogP contribution in [0.3, 0.4) is 0 Å². The summed E-state index contributed by atoms with van der Waals surface area (Å²) in [6.45, 7) is 0. The van der Waals surface area contributed by atoms with Gasteiger partial charge in [-0.2, -0.15) is 0 Å². The lowest BCUT2D eigenvalue weighted by atomic mass is 10.1. The number of halogens is 4. The average Bonchev–Trinajstić information content (AvgIpc) is 2.09. The third kappa shape index (κ3) is 2.30. The van der Waals surface area contributed by atoms with Gasteiger partial charge in [0.1, 0.15) is 0 Å². The molecule has 0 bridgehead atoms. The fourth-order valence-electron chi connectivity index (χ4n) is 0.917. The van der Waals surface area contributed by atoms with Gasteiger partial charge in [-0.05, 0) is 22.0 Å². The van der Waals surface area contributed by atoms with Gasteiger partial charge in [0, 0.05) is 10.0 Å². The number of hydrogen-bond donors (Lipinski definition) is 1. The Morgan fingerprint density at radius 2 is 1.86 bits per heavy atom. The van der Waals surface area contributed by atoms with Crippen LogP contribution in [0.4, 0.5) is 8.78 Å². The van der Waals surface area contributed by atoms with Gasteiger partial charge >= 0.3 is 5.97 Å². The number of aliphatic carboxylic acids is 1. The fourth-order valence-corrected chi connectivity index (χ4v) is 2.17. The van der Waals surface area contributed by atoms with Crippen LogP contribution >= 0.6 is 31.9 Å². The van der Waals surface area contributed by atoms with Gasteiger partial charge in [0.25, 0.3) is 0 Å². The van der Waals surface area contributed by atoms with Gasteiger partial charge in [-0.3, -0.25) is 4.79 Å². The molecular weight excluding hydrogens is 326 g/mol. The van der Waals surface area contributed by atoms with Gasteiger partial charge in [0.2, 0.25) is 0 Å². The number of hydrogen-bond acceptors (Lipinski definition) is 1. The van der Waals surface area contributed by atoms with Crippen LogP contribution in [0.2, 0.25) is 0 Å². The van der Waals surface area contributed by atoms with Crippen LogP contribution in [0.25, 0.3) is 0 Å². The third-order valence-electron chi connectivity index (χ3n) is 1.54. The van der Waals surface area contributed by atoms with Crippen molar-refractivity contribution in [1.82, 2.24) is 0 Å². The second-order valence-electron chi connectivity index (χ2n) is 2.52. The molecule has 1 N–H and O–H groups in total. The van der Waals surface area contributed by atoms with Crippen molar-refractivity contribution in [2.24, 2.45) is 0 Å². The number of rotatable bonds is 2. The van der Waals surface area contributed by atoms with Gasteiger partial charge in [-0.15, -0.1) is 0 Å². The molecule has 0 aromatic heterocycles. The summed E-state index contributed by atoms with van der Waals surface area (Å²) in [7, 11) is 0. The number of carbonyl (C=O) groups is 1. The second kappa shape index (κ2) is 4.35. The molecule has 1 rings (SSSR count). The predicted octanol–water partition coefficient (Wildman–Crippen LogP) is 3.12. The Kier molecular flexibility index (Phi) is 3.60. The van der Waals surface area contributed by atoms with E-state index in [0.29, 0.717) is 0 Å². The highest BCUT2D eigenvalue weighted by Gasteiger charge is 2.17. The van der Waals surface area contributed by atoms with Crippen LogP contribution in [0.1, 0.15) is 5.56 Å². The topological polar surface area (TPSA) is 37.3 Å². The molecule has 0 heterocycles. The van der Waals surface area contributed by atoms with Crippen LogP contribution in [-0.4, -0.2) is 11.1 Å². The van der Waals surface area contributed by atoms with Crippen molar-refractivity contribution in [3.63, 3.8) is 0 Å². The van der Waals surface area contributed by atoms with Crippen LogP contribution in [0.15, 0.2) is 15.0 Å². The molecule has 6 heteroatoms. The van der Waals surface area contributed by atoms with Crippen LogP contribution in [0, 0.1) is 11.6 Å². The van der Waals surface area contributed by atoms with Crippen molar-refractivity contribution in [3.05, 3.63) is 32.2 Å². The molecule has 0 spiro atoms. The highest BCUT2D eigenvalue weighted by atomic mass is 79.9. The molecule has 14 heavy (non-hydrogen) atoms. The quantitative estimate of drug-likeness (QED) is 0.668. The summed E-state index contributed by atoms with van der Waals surface area (Å²) in [5.41, 5.74) is -0.196. The van der Waals surface area contributed by atoms with E-state index in [9.17, 15) is 13.6 Å². The molecule has 1 aromatic rings. The SMILES string of the molecule is O=C(O)Cc1c(Br)cc(Br)c(F)c1F. The van der Waals surface area contributed by atoms with Gasteiger partial charge in [-0.1, -0.05) is 15.9 Å². The van der Waals surface area contributed by atoms with E-state index < -0.39 is 24.0 Å². The molecule has 0 fully saturated rings. The Morgan fingerprint density at radius 3 is 2.36 bits per heavy atom. The fraction of sp³-hybridized carbons (Fsp3) is 0.125. The summed E-state index contributed by atoms with van der Waals surface area (Å²) >= 11 is 5.77. The van der Waals surface area contributed by atoms with Crippen LogP contribution in [0.5, 0.6) is 0 Å². The number of benzene rings is 1.